The molecule has 1 aromatic heterocycles. The van der Waals surface area contributed by atoms with Gasteiger partial charge in [0.2, 0.25) is 0 Å². The first-order valence-electron chi connectivity index (χ1n) is 7.17. The molecule has 0 saturated carbocycles. The quantitative estimate of drug-likeness (QED) is 0.741. The largest absolute Gasteiger partial charge is 0.384 e. The lowest BCUT2D eigenvalue weighted by molar-refractivity contribution is 0.425. The van der Waals surface area contributed by atoms with Crippen LogP contribution in [0.5, 0.6) is 0 Å². The van der Waals surface area contributed by atoms with E-state index in [0.29, 0.717) is 0 Å². The van der Waals surface area contributed by atoms with E-state index in [-0.39, 0.29) is 0 Å². The van der Waals surface area contributed by atoms with Crippen LogP contribution >= 0.6 is 22.9 Å². The van der Waals surface area contributed by atoms with Crippen molar-refractivity contribution in [2.75, 3.05) is 32.5 Å². The molecule has 3 rings (SSSR count). The second kappa shape index (κ2) is 6.65. The summed E-state index contributed by atoms with van der Waals surface area (Å²) in [6, 6.07) is 14.2. The lowest BCUT2D eigenvalue weighted by atomic mass is 10.2. The van der Waals surface area contributed by atoms with Gasteiger partial charge in [0.1, 0.15) is 5.01 Å². The van der Waals surface area contributed by atoms with E-state index in [0.717, 1.165) is 39.9 Å². The van der Waals surface area contributed by atoms with Gasteiger partial charge in [0.05, 0.1) is 10.2 Å². The van der Waals surface area contributed by atoms with Crippen LogP contribution in [0.25, 0.3) is 20.8 Å². The Bertz CT molecular complexity index is 765. The summed E-state index contributed by atoms with van der Waals surface area (Å²) in [4.78, 5) is 6.90. The number of likely N-dealkylation sites (N-methyl/N-ethyl adjacent to an activating group) is 1. The minimum Gasteiger partial charge on any atom is -0.384 e. The molecule has 0 spiro atoms. The zero-order valence-corrected chi connectivity index (χ0v) is 14.2. The monoisotopic (exact) mass is 331 g/mol. The molecule has 22 heavy (non-hydrogen) atoms. The summed E-state index contributed by atoms with van der Waals surface area (Å²) >= 11 is 7.64. The maximum atomic E-state index is 5.94. The van der Waals surface area contributed by atoms with Crippen molar-refractivity contribution in [2.45, 2.75) is 0 Å². The third-order valence-corrected chi connectivity index (χ3v) is 4.70. The van der Waals surface area contributed by atoms with Gasteiger partial charge < -0.3 is 10.2 Å². The molecule has 0 fully saturated rings. The number of anilines is 1. The smallest absolute Gasteiger partial charge is 0.124 e. The zero-order valence-electron chi connectivity index (χ0n) is 12.6. The number of benzene rings is 2. The molecule has 3 aromatic rings. The second-order valence-corrected chi connectivity index (χ2v) is 6.91. The van der Waals surface area contributed by atoms with E-state index in [1.165, 1.54) is 4.70 Å². The van der Waals surface area contributed by atoms with E-state index >= 15 is 0 Å². The molecular formula is C17H18ClN3S. The third kappa shape index (κ3) is 3.58. The summed E-state index contributed by atoms with van der Waals surface area (Å²) in [5.74, 6) is 0. The third-order valence-electron chi connectivity index (χ3n) is 3.37. The van der Waals surface area contributed by atoms with Crippen molar-refractivity contribution in [3.05, 3.63) is 47.5 Å². The van der Waals surface area contributed by atoms with Crippen LogP contribution in [0.15, 0.2) is 42.5 Å². The van der Waals surface area contributed by atoms with Crippen LogP contribution in [-0.4, -0.2) is 37.1 Å². The summed E-state index contributed by atoms with van der Waals surface area (Å²) in [5.41, 5.74) is 3.25. The molecular weight excluding hydrogens is 314 g/mol. The summed E-state index contributed by atoms with van der Waals surface area (Å²) in [6.07, 6.45) is 0. The molecule has 5 heteroatoms. The number of hydrogen-bond donors (Lipinski definition) is 1. The molecule has 114 valence electrons. The normalized spacial score (nSPS) is 11.3. The minimum absolute atomic E-state index is 0.747. The zero-order chi connectivity index (χ0) is 15.5. The van der Waals surface area contributed by atoms with Crippen LogP contribution in [0.4, 0.5) is 5.69 Å². The van der Waals surface area contributed by atoms with Crippen LogP contribution < -0.4 is 5.32 Å². The van der Waals surface area contributed by atoms with Crippen LogP contribution in [-0.2, 0) is 0 Å². The number of thiazole rings is 1. The molecule has 0 atom stereocenters. The molecule has 3 nitrogen and oxygen atoms in total. The molecule has 0 aliphatic heterocycles. The van der Waals surface area contributed by atoms with Gasteiger partial charge in [0, 0.05) is 29.4 Å². The molecule has 0 bridgehead atoms. The Hall–Kier alpha value is -1.62. The maximum Gasteiger partial charge on any atom is 0.124 e. The number of rotatable bonds is 5. The highest BCUT2D eigenvalue weighted by Crippen LogP contribution is 2.32. The number of halogens is 1. The van der Waals surface area contributed by atoms with Gasteiger partial charge in [0.15, 0.2) is 0 Å². The number of nitrogens with zero attached hydrogens (tertiary/aromatic N) is 2. The van der Waals surface area contributed by atoms with Crippen LogP contribution in [0.2, 0.25) is 5.02 Å². The average molecular weight is 332 g/mol. The van der Waals surface area contributed by atoms with E-state index in [1.807, 2.05) is 24.3 Å². The topological polar surface area (TPSA) is 28.2 Å². The number of fused-ring (bicyclic) bond motifs is 1. The molecule has 0 saturated heterocycles. The predicted octanol–water partition coefficient (Wildman–Crippen LogP) is 4.59. The molecule has 1 N–H and O–H groups in total. The Morgan fingerprint density at radius 1 is 1.14 bits per heavy atom. The SMILES string of the molecule is CN(C)CCNc1ccc2sc(-c3ccc(Cl)cc3)nc2c1. The first-order chi connectivity index (χ1) is 10.6. The Morgan fingerprint density at radius 3 is 2.64 bits per heavy atom. The fourth-order valence-electron chi connectivity index (χ4n) is 2.18. The molecule has 0 unspecified atom stereocenters. The summed E-state index contributed by atoms with van der Waals surface area (Å²) in [7, 11) is 4.15. The van der Waals surface area contributed by atoms with Gasteiger partial charge in [-0.15, -0.1) is 11.3 Å². The molecule has 1 heterocycles. The van der Waals surface area contributed by atoms with Crippen LogP contribution in [0.3, 0.4) is 0 Å². The van der Waals surface area contributed by atoms with Crippen molar-refractivity contribution < 1.29 is 0 Å². The molecule has 0 aliphatic carbocycles. The van der Waals surface area contributed by atoms with Crippen molar-refractivity contribution in [1.82, 2.24) is 9.88 Å². The first-order valence-corrected chi connectivity index (χ1v) is 8.36. The standard InChI is InChI=1S/C17H18ClN3S/c1-21(2)10-9-19-14-7-8-16-15(11-14)20-17(22-16)12-3-5-13(18)6-4-12/h3-8,11,19H,9-10H2,1-2H3. The Kier molecular flexibility index (Phi) is 4.62. The highest BCUT2D eigenvalue weighted by Gasteiger charge is 2.07. The van der Waals surface area contributed by atoms with Crippen molar-refractivity contribution in [1.29, 1.82) is 0 Å². The van der Waals surface area contributed by atoms with Crippen LogP contribution in [0.1, 0.15) is 0 Å². The van der Waals surface area contributed by atoms with E-state index in [2.05, 4.69) is 42.5 Å². The summed E-state index contributed by atoms with van der Waals surface area (Å²) in [6.45, 7) is 1.93. The maximum absolute atomic E-state index is 5.94. The highest BCUT2D eigenvalue weighted by molar-refractivity contribution is 7.21. The number of aromatic nitrogens is 1. The van der Waals surface area contributed by atoms with E-state index < -0.39 is 0 Å². The van der Waals surface area contributed by atoms with E-state index in [1.54, 1.807) is 11.3 Å². The Balaban J connectivity index is 1.82. The van der Waals surface area contributed by atoms with Crippen molar-refractivity contribution in [2.24, 2.45) is 0 Å². The van der Waals surface area contributed by atoms with Gasteiger partial charge in [0.25, 0.3) is 0 Å². The lowest BCUT2D eigenvalue weighted by Crippen LogP contribution is -2.20. The van der Waals surface area contributed by atoms with Gasteiger partial charge in [-0.2, -0.15) is 0 Å². The fourth-order valence-corrected chi connectivity index (χ4v) is 3.25. The number of nitrogens with one attached hydrogen (secondary N) is 1. The van der Waals surface area contributed by atoms with Gasteiger partial charge >= 0.3 is 0 Å². The molecule has 0 aliphatic rings. The highest BCUT2D eigenvalue weighted by atomic mass is 35.5. The molecule has 0 amide bonds. The van der Waals surface area contributed by atoms with Gasteiger partial charge in [-0.05, 0) is 44.4 Å². The fraction of sp³-hybridized carbons (Fsp3) is 0.235. The van der Waals surface area contributed by atoms with Gasteiger partial charge in [-0.3, -0.25) is 0 Å². The lowest BCUT2D eigenvalue weighted by Gasteiger charge is -2.11. The molecule has 2 aromatic carbocycles. The van der Waals surface area contributed by atoms with Crippen molar-refractivity contribution in [3.8, 4) is 10.6 Å². The second-order valence-electron chi connectivity index (χ2n) is 5.44. The predicted molar refractivity (Wildman–Crippen MR) is 97.1 cm³/mol. The Labute approximate surface area is 139 Å². The Morgan fingerprint density at radius 2 is 1.91 bits per heavy atom. The van der Waals surface area contributed by atoms with Crippen molar-refractivity contribution >= 4 is 38.8 Å². The first kappa shape index (κ1) is 15.3. The van der Waals surface area contributed by atoms with Gasteiger partial charge in [-0.25, -0.2) is 4.98 Å². The van der Waals surface area contributed by atoms with Crippen LogP contribution in [0, 0.1) is 0 Å². The van der Waals surface area contributed by atoms with E-state index in [4.69, 9.17) is 16.6 Å². The van der Waals surface area contributed by atoms with Gasteiger partial charge in [-0.1, -0.05) is 23.7 Å². The number of hydrogen-bond acceptors (Lipinski definition) is 4. The average Bonchev–Trinajstić information content (AvgIpc) is 2.90. The van der Waals surface area contributed by atoms with Crippen molar-refractivity contribution in [3.63, 3.8) is 0 Å². The minimum atomic E-state index is 0.747. The summed E-state index contributed by atoms with van der Waals surface area (Å²) in [5, 5.41) is 5.20. The summed E-state index contributed by atoms with van der Waals surface area (Å²) < 4.78 is 1.20. The van der Waals surface area contributed by atoms with E-state index in [9.17, 15) is 0 Å². The molecule has 0 radical (unpaired) electrons.